The van der Waals surface area contributed by atoms with E-state index in [0.29, 0.717) is 18.3 Å². The molecule has 9 heteroatoms. The first-order chi connectivity index (χ1) is 9.73. The molecule has 1 atom stereocenters. The van der Waals surface area contributed by atoms with Crippen molar-refractivity contribution in [2.45, 2.75) is 37.9 Å². The quantitative estimate of drug-likeness (QED) is 0.438. The van der Waals surface area contributed by atoms with Crippen LogP contribution in [-0.4, -0.2) is 15.5 Å². The highest BCUT2D eigenvalue weighted by atomic mass is 32.2. The summed E-state index contributed by atoms with van der Waals surface area (Å²) in [6, 6.07) is 1.20. The zero-order valence-electron chi connectivity index (χ0n) is 11.8. The molecule has 124 valence electrons. The monoisotopic (exact) mass is 345 g/mol. The van der Waals surface area contributed by atoms with Gasteiger partial charge in [-0.3, -0.25) is 0 Å². The summed E-state index contributed by atoms with van der Waals surface area (Å²) in [5.74, 6) is 0. The highest BCUT2D eigenvalue weighted by Crippen LogP contribution is 2.37. The van der Waals surface area contributed by atoms with Gasteiger partial charge < -0.3 is 4.55 Å². The Morgan fingerprint density at radius 2 is 1.55 bits per heavy atom. The van der Waals surface area contributed by atoms with Crippen LogP contribution in [0.3, 0.4) is 0 Å². The van der Waals surface area contributed by atoms with Gasteiger partial charge in [-0.1, -0.05) is 10.5 Å². The highest BCUT2D eigenvalue weighted by molar-refractivity contribution is 7.91. The molecule has 0 saturated carbocycles. The van der Waals surface area contributed by atoms with E-state index >= 15 is 0 Å². The van der Waals surface area contributed by atoms with Crippen LogP contribution < -0.4 is 0 Å². The standard InChI is InChI=1S/C13H13F6NOS/c1-11(2,3)22(21)20-7-8-4-5-9(12(14,15)16)6-10(8)13(17,18)19/h4-7H,1-3H3. The third-order valence-corrected chi connectivity index (χ3v) is 3.84. The van der Waals surface area contributed by atoms with Crippen LogP contribution in [-0.2, 0) is 23.7 Å². The minimum Gasteiger partial charge on any atom is -0.591 e. The van der Waals surface area contributed by atoms with E-state index in [1.165, 1.54) is 0 Å². The van der Waals surface area contributed by atoms with Crippen molar-refractivity contribution in [1.29, 1.82) is 0 Å². The zero-order valence-corrected chi connectivity index (χ0v) is 12.7. The summed E-state index contributed by atoms with van der Waals surface area (Å²) in [6.45, 7) is 4.70. The van der Waals surface area contributed by atoms with Crippen molar-refractivity contribution in [2.24, 2.45) is 4.40 Å². The Balaban J connectivity index is 3.29. The summed E-state index contributed by atoms with van der Waals surface area (Å²) in [5, 5.41) is 0. The summed E-state index contributed by atoms with van der Waals surface area (Å²) in [6.07, 6.45) is -9.18. The molecule has 0 aromatic heterocycles. The van der Waals surface area contributed by atoms with Crippen molar-refractivity contribution in [2.75, 3.05) is 0 Å². The number of halogens is 6. The normalized spacial score (nSPS) is 15.4. The molecule has 1 unspecified atom stereocenters. The van der Waals surface area contributed by atoms with Crippen LogP contribution in [0.25, 0.3) is 0 Å². The Morgan fingerprint density at radius 1 is 1.00 bits per heavy atom. The van der Waals surface area contributed by atoms with Crippen molar-refractivity contribution in [1.82, 2.24) is 0 Å². The molecule has 1 aromatic carbocycles. The van der Waals surface area contributed by atoms with E-state index in [9.17, 15) is 30.9 Å². The summed E-state index contributed by atoms with van der Waals surface area (Å²) in [4.78, 5) is 0. The fraction of sp³-hybridized carbons (Fsp3) is 0.462. The third kappa shape index (κ3) is 4.91. The average molecular weight is 345 g/mol. The maximum Gasteiger partial charge on any atom is 0.417 e. The number of nitrogens with zero attached hydrogens (tertiary/aromatic N) is 1. The van der Waals surface area contributed by atoms with Crippen molar-refractivity contribution >= 4 is 17.6 Å². The summed E-state index contributed by atoms with van der Waals surface area (Å²) in [5.41, 5.74) is -3.45. The summed E-state index contributed by atoms with van der Waals surface area (Å²) >= 11 is -1.82. The number of hydrogen-bond acceptors (Lipinski definition) is 2. The van der Waals surface area contributed by atoms with E-state index in [1.54, 1.807) is 20.8 Å². The van der Waals surface area contributed by atoms with Gasteiger partial charge >= 0.3 is 12.4 Å². The molecule has 0 aliphatic heterocycles. The van der Waals surface area contributed by atoms with Gasteiger partial charge in [0, 0.05) is 5.56 Å². The van der Waals surface area contributed by atoms with Gasteiger partial charge in [-0.15, -0.1) is 0 Å². The first-order valence-corrected chi connectivity index (χ1v) is 7.08. The summed E-state index contributed by atoms with van der Waals surface area (Å²) < 4.78 is 90.5. The van der Waals surface area contributed by atoms with E-state index in [0.717, 1.165) is 0 Å². The summed E-state index contributed by atoms with van der Waals surface area (Å²) in [7, 11) is 0. The van der Waals surface area contributed by atoms with Gasteiger partial charge in [0.25, 0.3) is 0 Å². The van der Waals surface area contributed by atoms with Crippen molar-refractivity contribution in [3.63, 3.8) is 0 Å². The van der Waals surface area contributed by atoms with E-state index in [1.807, 2.05) is 0 Å². The minimum atomic E-state index is -4.98. The largest absolute Gasteiger partial charge is 0.591 e. The smallest absolute Gasteiger partial charge is 0.417 e. The average Bonchev–Trinajstić information content (AvgIpc) is 2.32. The third-order valence-electron chi connectivity index (χ3n) is 2.50. The lowest BCUT2D eigenvalue weighted by atomic mass is 10.0. The van der Waals surface area contributed by atoms with E-state index in [2.05, 4.69) is 4.40 Å². The van der Waals surface area contributed by atoms with E-state index in [4.69, 9.17) is 0 Å². The van der Waals surface area contributed by atoms with E-state index in [-0.39, 0.29) is 6.07 Å². The molecule has 0 amide bonds. The molecule has 1 rings (SSSR count). The van der Waals surface area contributed by atoms with Gasteiger partial charge in [0.2, 0.25) is 0 Å². The molecule has 0 fully saturated rings. The lowest BCUT2D eigenvalue weighted by molar-refractivity contribution is -0.143. The molecule has 1 aromatic rings. The maximum absolute atomic E-state index is 12.9. The number of alkyl halides is 6. The van der Waals surface area contributed by atoms with Gasteiger partial charge in [-0.05, 0) is 32.9 Å². The van der Waals surface area contributed by atoms with Crippen LogP contribution in [0.15, 0.2) is 22.6 Å². The Morgan fingerprint density at radius 3 is 1.95 bits per heavy atom. The molecule has 22 heavy (non-hydrogen) atoms. The van der Waals surface area contributed by atoms with Gasteiger partial charge in [0.05, 0.1) is 17.3 Å². The van der Waals surface area contributed by atoms with Crippen LogP contribution in [0.2, 0.25) is 0 Å². The predicted octanol–water partition coefficient (Wildman–Crippen LogP) is 4.61. The second-order valence-electron chi connectivity index (χ2n) is 5.39. The number of hydrogen-bond donors (Lipinski definition) is 0. The van der Waals surface area contributed by atoms with Crippen molar-refractivity contribution in [3.8, 4) is 0 Å². The van der Waals surface area contributed by atoms with Gasteiger partial charge in [0.1, 0.15) is 16.1 Å². The number of rotatable bonds is 2. The van der Waals surface area contributed by atoms with Crippen LogP contribution in [0, 0.1) is 0 Å². The Labute approximate surface area is 126 Å². The second kappa shape index (κ2) is 6.11. The van der Waals surface area contributed by atoms with Crippen molar-refractivity contribution in [3.05, 3.63) is 34.9 Å². The lowest BCUT2D eigenvalue weighted by Crippen LogP contribution is -2.26. The minimum absolute atomic E-state index is 0.0152. The molecule has 0 N–H and O–H groups in total. The Kier molecular flexibility index (Phi) is 5.23. The van der Waals surface area contributed by atoms with Crippen molar-refractivity contribution < 1.29 is 30.9 Å². The van der Waals surface area contributed by atoms with Gasteiger partial charge in [-0.2, -0.15) is 26.3 Å². The first kappa shape index (κ1) is 18.8. The molecule has 0 heterocycles. The topological polar surface area (TPSA) is 35.4 Å². The molecule has 0 aliphatic carbocycles. The van der Waals surface area contributed by atoms with Gasteiger partial charge in [0.15, 0.2) is 0 Å². The fourth-order valence-electron chi connectivity index (χ4n) is 1.35. The lowest BCUT2D eigenvalue weighted by Gasteiger charge is -2.18. The van der Waals surface area contributed by atoms with Crippen LogP contribution in [0.5, 0.6) is 0 Å². The number of benzene rings is 1. The molecule has 0 aliphatic rings. The second-order valence-corrected chi connectivity index (χ2v) is 7.33. The predicted molar refractivity (Wildman–Crippen MR) is 71.9 cm³/mol. The van der Waals surface area contributed by atoms with Gasteiger partial charge in [-0.25, -0.2) is 0 Å². The first-order valence-electron chi connectivity index (χ1n) is 5.97. The maximum atomic E-state index is 12.9. The van der Waals surface area contributed by atoms with Crippen LogP contribution >= 0.6 is 0 Å². The highest BCUT2D eigenvalue weighted by Gasteiger charge is 2.38. The Hall–Kier alpha value is -1.22. The Bertz CT molecular complexity index is 559. The SMILES string of the molecule is CC(C)(C)[S+]([O-])N=Cc1ccc(C(F)(F)F)cc1C(F)(F)F. The van der Waals surface area contributed by atoms with Crippen LogP contribution in [0.1, 0.15) is 37.5 Å². The molecular weight excluding hydrogens is 332 g/mol. The van der Waals surface area contributed by atoms with E-state index < -0.39 is 45.2 Å². The van der Waals surface area contributed by atoms with Crippen LogP contribution in [0.4, 0.5) is 26.3 Å². The molecule has 0 bridgehead atoms. The fourth-order valence-corrected chi connectivity index (χ4v) is 1.88. The molecule has 0 radical (unpaired) electrons. The molecule has 0 saturated heterocycles. The zero-order chi connectivity index (χ0) is 17.3. The molecule has 2 nitrogen and oxygen atoms in total. The molecule has 0 spiro atoms. The molecular formula is C13H13F6NOS.